The van der Waals surface area contributed by atoms with Crippen molar-refractivity contribution in [1.29, 1.82) is 0 Å². The lowest BCUT2D eigenvalue weighted by atomic mass is 10.1. The Hall–Kier alpha value is -3.59. The molecule has 0 spiro atoms. The first-order chi connectivity index (χ1) is 14.2. The van der Waals surface area contributed by atoms with Crippen LogP contribution in [0.15, 0.2) is 42.5 Å². The Balaban J connectivity index is 1.31. The van der Waals surface area contributed by atoms with Gasteiger partial charge in [-0.25, -0.2) is 4.68 Å². The molecule has 5 rings (SSSR count). The minimum absolute atomic E-state index is 0.167. The standard InChI is InChI=1S/C20H18N4O5/c1-26-14-5-2-12(3-6-14)18-9-24-15(10-27-18)19(22-23-24)20(25)21-13-4-7-16-17(8-13)29-11-28-16/h2-8,18H,9-11H2,1H3,(H,21,25)/t18-/m1/s1. The number of benzene rings is 2. The van der Waals surface area contributed by atoms with Crippen LogP contribution in [-0.4, -0.2) is 34.8 Å². The summed E-state index contributed by atoms with van der Waals surface area (Å²) in [7, 11) is 1.63. The number of nitrogens with zero attached hydrogens (tertiary/aromatic N) is 3. The maximum absolute atomic E-state index is 12.7. The summed E-state index contributed by atoms with van der Waals surface area (Å²) in [4.78, 5) is 12.7. The van der Waals surface area contributed by atoms with Crippen LogP contribution in [0.1, 0.15) is 27.8 Å². The number of hydrogen-bond acceptors (Lipinski definition) is 7. The van der Waals surface area contributed by atoms with E-state index < -0.39 is 0 Å². The molecule has 0 saturated carbocycles. The monoisotopic (exact) mass is 394 g/mol. The lowest BCUT2D eigenvalue weighted by Gasteiger charge is -2.24. The van der Waals surface area contributed by atoms with Crippen LogP contribution in [0.5, 0.6) is 17.2 Å². The first kappa shape index (κ1) is 17.5. The molecule has 0 saturated heterocycles. The van der Waals surface area contributed by atoms with Crippen molar-refractivity contribution in [2.24, 2.45) is 0 Å². The fraction of sp³-hybridized carbons (Fsp3) is 0.250. The van der Waals surface area contributed by atoms with Crippen LogP contribution in [-0.2, 0) is 17.9 Å². The molecule has 0 unspecified atom stereocenters. The van der Waals surface area contributed by atoms with Gasteiger partial charge < -0.3 is 24.3 Å². The van der Waals surface area contributed by atoms with Crippen molar-refractivity contribution >= 4 is 11.6 Å². The van der Waals surface area contributed by atoms with Gasteiger partial charge in [0.2, 0.25) is 6.79 Å². The van der Waals surface area contributed by atoms with Gasteiger partial charge in [-0.3, -0.25) is 4.79 Å². The zero-order valence-electron chi connectivity index (χ0n) is 15.6. The lowest BCUT2D eigenvalue weighted by molar-refractivity contribution is -0.00173. The van der Waals surface area contributed by atoms with Gasteiger partial charge in [0.25, 0.3) is 5.91 Å². The average molecular weight is 394 g/mol. The molecule has 29 heavy (non-hydrogen) atoms. The van der Waals surface area contributed by atoms with E-state index in [1.165, 1.54) is 0 Å². The maximum Gasteiger partial charge on any atom is 0.278 e. The van der Waals surface area contributed by atoms with E-state index in [1.54, 1.807) is 30.0 Å². The summed E-state index contributed by atoms with van der Waals surface area (Å²) in [6, 6.07) is 12.9. The minimum Gasteiger partial charge on any atom is -0.497 e. The molecule has 1 N–H and O–H groups in total. The number of methoxy groups -OCH3 is 1. The number of aromatic nitrogens is 3. The molecule has 9 nitrogen and oxygen atoms in total. The predicted molar refractivity (Wildman–Crippen MR) is 101 cm³/mol. The highest BCUT2D eigenvalue weighted by Gasteiger charge is 2.28. The van der Waals surface area contributed by atoms with Gasteiger partial charge in [-0.05, 0) is 29.8 Å². The Morgan fingerprint density at radius 1 is 1.17 bits per heavy atom. The van der Waals surface area contributed by atoms with Crippen molar-refractivity contribution in [1.82, 2.24) is 15.0 Å². The highest BCUT2D eigenvalue weighted by Crippen LogP contribution is 2.34. The van der Waals surface area contributed by atoms with Crippen molar-refractivity contribution < 1.29 is 23.7 Å². The average Bonchev–Trinajstić information content (AvgIpc) is 3.39. The predicted octanol–water partition coefficient (Wildman–Crippen LogP) is 2.54. The lowest BCUT2D eigenvalue weighted by Crippen LogP contribution is -2.24. The molecule has 0 bridgehead atoms. The molecule has 148 valence electrons. The molecule has 1 amide bonds. The van der Waals surface area contributed by atoms with Crippen molar-refractivity contribution in [2.45, 2.75) is 19.3 Å². The van der Waals surface area contributed by atoms with E-state index in [-0.39, 0.29) is 31.1 Å². The van der Waals surface area contributed by atoms with Crippen molar-refractivity contribution in [3.63, 3.8) is 0 Å². The number of carbonyl (C=O) groups is 1. The Morgan fingerprint density at radius 2 is 2.00 bits per heavy atom. The van der Waals surface area contributed by atoms with Gasteiger partial charge >= 0.3 is 0 Å². The Morgan fingerprint density at radius 3 is 2.83 bits per heavy atom. The molecule has 0 fully saturated rings. The Kier molecular flexibility index (Phi) is 4.28. The zero-order valence-corrected chi connectivity index (χ0v) is 15.6. The van der Waals surface area contributed by atoms with Crippen molar-refractivity contribution in [3.05, 3.63) is 59.4 Å². The molecule has 3 heterocycles. The van der Waals surface area contributed by atoms with Crippen LogP contribution in [0.4, 0.5) is 5.69 Å². The second kappa shape index (κ2) is 7.10. The molecule has 2 aliphatic rings. The van der Waals surface area contributed by atoms with Crippen molar-refractivity contribution in [2.75, 3.05) is 19.2 Å². The fourth-order valence-corrected chi connectivity index (χ4v) is 3.37. The highest BCUT2D eigenvalue weighted by molar-refractivity contribution is 6.03. The second-order valence-corrected chi connectivity index (χ2v) is 6.66. The number of rotatable bonds is 4. The van der Waals surface area contributed by atoms with Gasteiger partial charge in [0.1, 0.15) is 11.9 Å². The Bertz CT molecular complexity index is 1060. The largest absolute Gasteiger partial charge is 0.497 e. The van der Waals surface area contributed by atoms with Crippen LogP contribution in [0, 0.1) is 0 Å². The SMILES string of the molecule is COc1ccc([C@H]2Cn3nnc(C(=O)Nc4ccc5c(c4)OCO5)c3CO2)cc1. The van der Waals surface area contributed by atoms with E-state index in [0.717, 1.165) is 11.3 Å². The Labute approximate surface area is 166 Å². The normalized spacial score (nSPS) is 16.9. The van der Waals surface area contributed by atoms with Crippen LogP contribution < -0.4 is 19.5 Å². The maximum atomic E-state index is 12.7. The van der Waals surface area contributed by atoms with E-state index in [9.17, 15) is 4.79 Å². The number of anilines is 1. The molecule has 1 atom stereocenters. The first-order valence-corrected chi connectivity index (χ1v) is 9.10. The summed E-state index contributed by atoms with van der Waals surface area (Å²) >= 11 is 0. The van der Waals surface area contributed by atoms with E-state index >= 15 is 0 Å². The summed E-state index contributed by atoms with van der Waals surface area (Å²) in [5.74, 6) is 1.69. The third kappa shape index (κ3) is 3.25. The number of carbonyl (C=O) groups excluding carboxylic acids is 1. The zero-order chi connectivity index (χ0) is 19.8. The summed E-state index contributed by atoms with van der Waals surface area (Å²) in [6.07, 6.45) is -0.167. The molecular formula is C20H18N4O5. The molecule has 2 aromatic carbocycles. The number of nitrogens with one attached hydrogen (secondary N) is 1. The quantitative estimate of drug-likeness (QED) is 0.726. The topological polar surface area (TPSA) is 96.7 Å². The van der Waals surface area contributed by atoms with E-state index in [0.29, 0.717) is 29.4 Å². The third-order valence-corrected chi connectivity index (χ3v) is 4.93. The highest BCUT2D eigenvalue weighted by atomic mass is 16.7. The number of hydrogen-bond donors (Lipinski definition) is 1. The van der Waals surface area contributed by atoms with Gasteiger partial charge in [-0.2, -0.15) is 0 Å². The molecule has 1 aromatic heterocycles. The van der Waals surface area contributed by atoms with Gasteiger partial charge in [0, 0.05) is 11.8 Å². The smallest absolute Gasteiger partial charge is 0.278 e. The summed E-state index contributed by atoms with van der Waals surface area (Å²) in [5, 5.41) is 11.0. The summed E-state index contributed by atoms with van der Waals surface area (Å²) in [6.45, 7) is 0.900. The van der Waals surface area contributed by atoms with Crippen LogP contribution in [0.2, 0.25) is 0 Å². The first-order valence-electron chi connectivity index (χ1n) is 9.10. The second-order valence-electron chi connectivity index (χ2n) is 6.66. The van der Waals surface area contributed by atoms with Gasteiger partial charge in [0.15, 0.2) is 17.2 Å². The molecular weight excluding hydrogens is 376 g/mol. The number of amides is 1. The van der Waals surface area contributed by atoms with Gasteiger partial charge in [-0.15, -0.1) is 5.10 Å². The molecule has 0 aliphatic carbocycles. The van der Waals surface area contributed by atoms with Crippen molar-refractivity contribution in [3.8, 4) is 17.2 Å². The van der Waals surface area contributed by atoms with E-state index in [2.05, 4.69) is 15.6 Å². The number of fused-ring (bicyclic) bond motifs is 2. The van der Waals surface area contributed by atoms with E-state index in [4.69, 9.17) is 18.9 Å². The number of ether oxygens (including phenoxy) is 4. The molecule has 3 aromatic rings. The van der Waals surface area contributed by atoms with E-state index in [1.807, 2.05) is 24.3 Å². The molecule has 9 heteroatoms. The third-order valence-electron chi connectivity index (χ3n) is 4.93. The molecule has 0 radical (unpaired) electrons. The summed E-state index contributed by atoms with van der Waals surface area (Å²) in [5.41, 5.74) is 2.50. The van der Waals surface area contributed by atoms with Gasteiger partial charge in [-0.1, -0.05) is 17.3 Å². The summed E-state index contributed by atoms with van der Waals surface area (Å²) < 4.78 is 23.5. The van der Waals surface area contributed by atoms with Gasteiger partial charge in [0.05, 0.1) is 26.0 Å². The minimum atomic E-state index is -0.350. The van der Waals surface area contributed by atoms with Crippen LogP contribution in [0.25, 0.3) is 0 Å². The van der Waals surface area contributed by atoms with Crippen LogP contribution in [0.3, 0.4) is 0 Å². The molecule has 2 aliphatic heterocycles. The fourth-order valence-electron chi connectivity index (χ4n) is 3.37. The van der Waals surface area contributed by atoms with Crippen LogP contribution >= 0.6 is 0 Å².